The van der Waals surface area contributed by atoms with Crippen molar-refractivity contribution in [3.63, 3.8) is 0 Å². The zero-order chi connectivity index (χ0) is 12.1. The van der Waals surface area contributed by atoms with Crippen molar-refractivity contribution in [2.45, 2.75) is 20.0 Å². The fourth-order valence-electron chi connectivity index (χ4n) is 1.31. The van der Waals surface area contributed by atoms with Crippen molar-refractivity contribution >= 4 is 34.9 Å². The van der Waals surface area contributed by atoms with E-state index < -0.39 is 0 Å². The molecule has 2 rings (SSSR count). The van der Waals surface area contributed by atoms with Crippen LogP contribution in [0.4, 0.5) is 0 Å². The molecule has 0 unspecified atom stereocenters. The first-order chi connectivity index (χ1) is 8.31. The van der Waals surface area contributed by atoms with Gasteiger partial charge in [0.2, 0.25) is 0 Å². The fourth-order valence-corrected chi connectivity index (χ4v) is 3.72. The molecule has 0 aliphatic heterocycles. The highest BCUT2D eigenvalue weighted by Crippen LogP contribution is 2.32. The summed E-state index contributed by atoms with van der Waals surface area (Å²) in [7, 11) is 0. The molecule has 3 nitrogen and oxygen atoms in total. The molecule has 0 spiro atoms. The van der Waals surface area contributed by atoms with Gasteiger partial charge in [-0.2, -0.15) is 0 Å². The van der Waals surface area contributed by atoms with Crippen LogP contribution >= 0.6 is 34.9 Å². The molecule has 0 atom stereocenters. The van der Waals surface area contributed by atoms with Crippen molar-refractivity contribution in [3.05, 3.63) is 29.8 Å². The largest absolute Gasteiger partial charge is 0.330 e. The maximum atomic E-state index is 5.52. The molecular formula is C11H13N3S3. The maximum Gasteiger partial charge on any atom is 0.179 e. The monoisotopic (exact) mass is 283 g/mol. The highest BCUT2D eigenvalue weighted by Gasteiger charge is 2.04. The van der Waals surface area contributed by atoms with Gasteiger partial charge in [0.05, 0.1) is 0 Å². The summed E-state index contributed by atoms with van der Waals surface area (Å²) in [5, 5.41) is 8.20. The van der Waals surface area contributed by atoms with Crippen molar-refractivity contribution in [2.75, 3.05) is 12.8 Å². The van der Waals surface area contributed by atoms with Gasteiger partial charge >= 0.3 is 0 Å². The molecule has 0 amide bonds. The highest BCUT2D eigenvalue weighted by molar-refractivity contribution is 8.03. The Morgan fingerprint density at radius 2 is 1.88 bits per heavy atom. The van der Waals surface area contributed by atoms with Crippen LogP contribution in [0.5, 0.6) is 0 Å². The second-order valence-electron chi connectivity index (χ2n) is 3.32. The molecule has 2 N–H and O–H groups in total. The van der Waals surface area contributed by atoms with E-state index in [2.05, 4.69) is 34.5 Å². The van der Waals surface area contributed by atoms with E-state index in [1.165, 1.54) is 10.5 Å². The summed E-state index contributed by atoms with van der Waals surface area (Å²) in [6.45, 7) is 0.694. The number of hydrogen-bond donors (Lipinski definition) is 1. The number of thioether (sulfide) groups is 1. The van der Waals surface area contributed by atoms with Gasteiger partial charge in [0.25, 0.3) is 0 Å². The Morgan fingerprint density at radius 3 is 2.47 bits per heavy atom. The van der Waals surface area contributed by atoms with Crippen LogP contribution in [0, 0.1) is 0 Å². The number of benzene rings is 1. The first kappa shape index (κ1) is 12.9. The van der Waals surface area contributed by atoms with E-state index in [1.54, 1.807) is 34.9 Å². The Kier molecular flexibility index (Phi) is 4.85. The summed E-state index contributed by atoms with van der Waals surface area (Å²) in [6, 6.07) is 8.45. The van der Waals surface area contributed by atoms with Gasteiger partial charge in [-0.15, -0.1) is 10.2 Å². The third-order valence-electron chi connectivity index (χ3n) is 2.12. The van der Waals surface area contributed by atoms with Gasteiger partial charge in [-0.1, -0.05) is 47.0 Å². The molecule has 90 valence electrons. The summed E-state index contributed by atoms with van der Waals surface area (Å²) in [5.74, 6) is 0. The summed E-state index contributed by atoms with van der Waals surface area (Å²) >= 11 is 4.90. The lowest BCUT2D eigenvalue weighted by molar-refractivity contribution is 0.955. The fraction of sp³-hybridized carbons (Fsp3) is 0.273. The number of rotatable bonds is 5. The van der Waals surface area contributed by atoms with Crippen molar-refractivity contribution < 1.29 is 0 Å². The minimum Gasteiger partial charge on any atom is -0.330 e. The standard InChI is InChI=1S/C11H13N3S3/c1-15-10-13-14-11(17-10)16-9-4-2-8(3-5-9)6-7-12/h2-5H,6-7,12H2,1H3. The second-order valence-corrected chi connectivity index (χ2v) is 6.67. The van der Waals surface area contributed by atoms with Crippen LogP contribution in [-0.2, 0) is 6.42 Å². The third-order valence-corrected chi connectivity index (χ3v) is 5.08. The molecule has 0 fully saturated rings. The summed E-state index contributed by atoms with van der Waals surface area (Å²) < 4.78 is 1.99. The third kappa shape index (κ3) is 3.70. The number of aromatic nitrogens is 2. The Balaban J connectivity index is 2.03. The van der Waals surface area contributed by atoms with Crippen molar-refractivity contribution in [3.8, 4) is 0 Å². The van der Waals surface area contributed by atoms with Crippen molar-refractivity contribution in [2.24, 2.45) is 5.73 Å². The van der Waals surface area contributed by atoms with Gasteiger partial charge in [-0.25, -0.2) is 0 Å². The van der Waals surface area contributed by atoms with E-state index in [-0.39, 0.29) is 0 Å². The number of nitrogens with two attached hydrogens (primary N) is 1. The second kappa shape index (κ2) is 6.39. The molecule has 1 aromatic heterocycles. The Labute approximate surface area is 113 Å². The predicted octanol–water partition coefficient (Wildman–Crippen LogP) is 2.91. The average Bonchev–Trinajstić information content (AvgIpc) is 2.80. The van der Waals surface area contributed by atoms with Crippen LogP contribution in [-0.4, -0.2) is 23.0 Å². The van der Waals surface area contributed by atoms with E-state index in [1.807, 2.05) is 6.26 Å². The smallest absolute Gasteiger partial charge is 0.179 e. The Bertz CT molecular complexity index is 467. The van der Waals surface area contributed by atoms with Gasteiger partial charge < -0.3 is 5.73 Å². The minimum absolute atomic E-state index is 0.694. The molecule has 0 aliphatic carbocycles. The minimum atomic E-state index is 0.694. The molecular weight excluding hydrogens is 270 g/mol. The van der Waals surface area contributed by atoms with E-state index in [4.69, 9.17) is 5.73 Å². The van der Waals surface area contributed by atoms with Crippen LogP contribution in [0.3, 0.4) is 0 Å². The van der Waals surface area contributed by atoms with Crippen LogP contribution < -0.4 is 5.73 Å². The molecule has 0 radical (unpaired) electrons. The maximum absolute atomic E-state index is 5.52. The summed E-state index contributed by atoms with van der Waals surface area (Å²) in [4.78, 5) is 1.19. The van der Waals surface area contributed by atoms with E-state index in [0.717, 1.165) is 15.1 Å². The zero-order valence-electron chi connectivity index (χ0n) is 9.42. The first-order valence-corrected chi connectivity index (χ1v) is 8.02. The van der Waals surface area contributed by atoms with Crippen LogP contribution in [0.15, 0.2) is 37.8 Å². The zero-order valence-corrected chi connectivity index (χ0v) is 11.9. The Hall–Kier alpha value is -0.560. The van der Waals surface area contributed by atoms with Crippen molar-refractivity contribution in [1.82, 2.24) is 10.2 Å². The lowest BCUT2D eigenvalue weighted by atomic mass is 10.2. The van der Waals surface area contributed by atoms with Gasteiger partial charge in [0.1, 0.15) is 0 Å². The molecule has 0 bridgehead atoms. The van der Waals surface area contributed by atoms with Gasteiger partial charge in [-0.05, 0) is 36.9 Å². The van der Waals surface area contributed by atoms with Crippen LogP contribution in [0.2, 0.25) is 0 Å². The highest BCUT2D eigenvalue weighted by atomic mass is 32.2. The van der Waals surface area contributed by atoms with E-state index in [9.17, 15) is 0 Å². The molecule has 1 aromatic carbocycles. The van der Waals surface area contributed by atoms with Crippen LogP contribution in [0.25, 0.3) is 0 Å². The normalized spacial score (nSPS) is 10.7. The van der Waals surface area contributed by atoms with Crippen LogP contribution in [0.1, 0.15) is 5.56 Å². The summed E-state index contributed by atoms with van der Waals surface area (Å²) in [6.07, 6.45) is 2.94. The SMILES string of the molecule is CSc1nnc(Sc2ccc(CCN)cc2)s1. The first-order valence-electron chi connectivity index (χ1n) is 5.16. The van der Waals surface area contributed by atoms with Gasteiger partial charge in [0.15, 0.2) is 8.68 Å². The molecule has 1 heterocycles. The molecule has 6 heteroatoms. The molecule has 17 heavy (non-hydrogen) atoms. The van der Waals surface area contributed by atoms with Gasteiger partial charge in [0, 0.05) is 4.90 Å². The molecule has 0 aliphatic rings. The molecule has 0 saturated heterocycles. The summed E-state index contributed by atoms with van der Waals surface area (Å²) in [5.41, 5.74) is 6.79. The number of nitrogens with zero attached hydrogens (tertiary/aromatic N) is 2. The quantitative estimate of drug-likeness (QED) is 0.855. The topological polar surface area (TPSA) is 51.8 Å². The number of hydrogen-bond acceptors (Lipinski definition) is 6. The lowest BCUT2D eigenvalue weighted by Crippen LogP contribution is -2.02. The van der Waals surface area contributed by atoms with E-state index >= 15 is 0 Å². The van der Waals surface area contributed by atoms with Gasteiger partial charge in [-0.3, -0.25) is 0 Å². The van der Waals surface area contributed by atoms with E-state index in [0.29, 0.717) is 6.54 Å². The lowest BCUT2D eigenvalue weighted by Gasteiger charge is -2.00. The molecule has 2 aromatic rings. The predicted molar refractivity (Wildman–Crippen MR) is 75.0 cm³/mol. The molecule has 0 saturated carbocycles. The average molecular weight is 283 g/mol. The van der Waals surface area contributed by atoms with Crippen molar-refractivity contribution in [1.29, 1.82) is 0 Å². The Morgan fingerprint density at radius 1 is 1.18 bits per heavy atom.